The molecule has 3 aromatic rings. The van der Waals surface area contributed by atoms with Gasteiger partial charge in [0.05, 0.1) is 16.4 Å². The number of anilines is 1. The number of hydrogen-bond acceptors (Lipinski definition) is 5. The third-order valence-electron chi connectivity index (χ3n) is 2.72. The van der Waals surface area contributed by atoms with Crippen molar-refractivity contribution in [2.45, 2.75) is 0 Å². The minimum atomic E-state index is 0.375. The molecule has 0 saturated carbocycles. The van der Waals surface area contributed by atoms with E-state index in [2.05, 4.69) is 35.9 Å². The molecule has 1 aromatic carbocycles. The van der Waals surface area contributed by atoms with E-state index in [-0.39, 0.29) is 0 Å². The second-order valence-electron chi connectivity index (χ2n) is 4.05. The standard InChI is InChI=1S/C14H10BrN5/c15-11-12(9-4-2-1-3-5-9)19-14(20-13(11)16)10-8-17-6-7-18-10/h1-8H,(H2,16,19,20). The Kier molecular flexibility index (Phi) is 3.39. The quantitative estimate of drug-likeness (QED) is 0.782. The molecule has 0 unspecified atom stereocenters. The molecule has 0 atom stereocenters. The minimum Gasteiger partial charge on any atom is -0.383 e. The lowest BCUT2D eigenvalue weighted by Gasteiger charge is -2.08. The maximum atomic E-state index is 5.95. The highest BCUT2D eigenvalue weighted by Gasteiger charge is 2.13. The highest BCUT2D eigenvalue weighted by atomic mass is 79.9. The van der Waals surface area contributed by atoms with Crippen molar-refractivity contribution < 1.29 is 0 Å². The van der Waals surface area contributed by atoms with Gasteiger partial charge in [-0.2, -0.15) is 0 Å². The Balaban J connectivity index is 2.19. The molecule has 2 aromatic heterocycles. The van der Waals surface area contributed by atoms with E-state index in [0.717, 1.165) is 11.3 Å². The van der Waals surface area contributed by atoms with Crippen molar-refractivity contribution in [1.29, 1.82) is 0 Å². The van der Waals surface area contributed by atoms with Crippen LogP contribution in [-0.2, 0) is 0 Å². The number of nitrogens with two attached hydrogens (primary N) is 1. The molecule has 0 aliphatic carbocycles. The zero-order chi connectivity index (χ0) is 13.9. The van der Waals surface area contributed by atoms with Crippen molar-refractivity contribution in [2.75, 3.05) is 5.73 Å². The molecule has 98 valence electrons. The fourth-order valence-electron chi connectivity index (χ4n) is 1.78. The Hall–Kier alpha value is -2.34. The maximum Gasteiger partial charge on any atom is 0.182 e. The first kappa shape index (κ1) is 12.7. The molecular formula is C14H10BrN5. The first-order valence-electron chi connectivity index (χ1n) is 5.90. The molecule has 5 nitrogen and oxygen atoms in total. The monoisotopic (exact) mass is 327 g/mol. The summed E-state index contributed by atoms with van der Waals surface area (Å²) < 4.78 is 0.677. The van der Waals surface area contributed by atoms with Crippen molar-refractivity contribution >= 4 is 21.7 Å². The molecule has 0 aliphatic heterocycles. The van der Waals surface area contributed by atoms with Crippen molar-refractivity contribution in [2.24, 2.45) is 0 Å². The van der Waals surface area contributed by atoms with Crippen LogP contribution in [0.25, 0.3) is 22.8 Å². The van der Waals surface area contributed by atoms with E-state index >= 15 is 0 Å². The van der Waals surface area contributed by atoms with Crippen molar-refractivity contribution in [3.8, 4) is 22.8 Å². The zero-order valence-corrected chi connectivity index (χ0v) is 11.9. The molecule has 0 amide bonds. The topological polar surface area (TPSA) is 77.6 Å². The van der Waals surface area contributed by atoms with Gasteiger partial charge in [0.1, 0.15) is 11.5 Å². The minimum absolute atomic E-state index is 0.375. The summed E-state index contributed by atoms with van der Waals surface area (Å²) in [5.41, 5.74) is 8.23. The molecule has 0 bridgehead atoms. The van der Waals surface area contributed by atoms with Gasteiger partial charge >= 0.3 is 0 Å². The van der Waals surface area contributed by atoms with Gasteiger partial charge in [0, 0.05) is 18.0 Å². The molecule has 2 N–H and O–H groups in total. The van der Waals surface area contributed by atoms with Crippen LogP contribution >= 0.6 is 15.9 Å². The van der Waals surface area contributed by atoms with E-state index < -0.39 is 0 Å². The number of aromatic nitrogens is 4. The molecule has 3 rings (SSSR count). The van der Waals surface area contributed by atoms with E-state index in [1.807, 2.05) is 30.3 Å². The molecule has 0 saturated heterocycles. The average Bonchev–Trinajstić information content (AvgIpc) is 2.51. The lowest BCUT2D eigenvalue weighted by molar-refractivity contribution is 1.11. The summed E-state index contributed by atoms with van der Waals surface area (Å²) in [6.45, 7) is 0. The molecule has 2 heterocycles. The van der Waals surface area contributed by atoms with Crippen LogP contribution < -0.4 is 5.73 Å². The second kappa shape index (κ2) is 5.34. The van der Waals surface area contributed by atoms with Gasteiger partial charge in [-0.1, -0.05) is 30.3 Å². The number of rotatable bonds is 2. The predicted octanol–water partition coefficient (Wildman–Crippen LogP) is 2.95. The summed E-state index contributed by atoms with van der Waals surface area (Å²) in [4.78, 5) is 17.0. The highest BCUT2D eigenvalue weighted by molar-refractivity contribution is 9.10. The van der Waals surface area contributed by atoms with Gasteiger partial charge in [-0.15, -0.1) is 0 Å². The van der Waals surface area contributed by atoms with Crippen molar-refractivity contribution in [3.63, 3.8) is 0 Å². The summed E-state index contributed by atoms with van der Waals surface area (Å²) in [7, 11) is 0. The van der Waals surface area contributed by atoms with Crippen LogP contribution in [0.5, 0.6) is 0 Å². The van der Waals surface area contributed by atoms with Crippen molar-refractivity contribution in [1.82, 2.24) is 19.9 Å². The van der Waals surface area contributed by atoms with E-state index in [9.17, 15) is 0 Å². The molecule has 0 spiro atoms. The van der Waals surface area contributed by atoms with Gasteiger partial charge in [-0.3, -0.25) is 4.98 Å². The van der Waals surface area contributed by atoms with Crippen LogP contribution in [0.1, 0.15) is 0 Å². The van der Waals surface area contributed by atoms with Gasteiger partial charge in [-0.25, -0.2) is 15.0 Å². The largest absolute Gasteiger partial charge is 0.383 e. The van der Waals surface area contributed by atoms with Crippen LogP contribution in [0.4, 0.5) is 5.82 Å². The Morgan fingerprint density at radius 3 is 2.50 bits per heavy atom. The summed E-state index contributed by atoms with van der Waals surface area (Å²) in [6, 6.07) is 9.77. The van der Waals surface area contributed by atoms with Crippen LogP contribution in [0.3, 0.4) is 0 Å². The number of nitrogens with zero attached hydrogens (tertiary/aromatic N) is 4. The summed E-state index contributed by atoms with van der Waals surface area (Å²) >= 11 is 3.44. The zero-order valence-electron chi connectivity index (χ0n) is 10.4. The van der Waals surface area contributed by atoms with Gasteiger partial charge in [0.25, 0.3) is 0 Å². The Morgan fingerprint density at radius 2 is 1.80 bits per heavy atom. The predicted molar refractivity (Wildman–Crippen MR) is 80.6 cm³/mol. The summed E-state index contributed by atoms with van der Waals surface area (Å²) in [6.07, 6.45) is 4.81. The number of halogens is 1. The lowest BCUT2D eigenvalue weighted by atomic mass is 10.1. The molecule has 6 heteroatoms. The maximum absolute atomic E-state index is 5.95. The number of hydrogen-bond donors (Lipinski definition) is 1. The fourth-order valence-corrected chi connectivity index (χ4v) is 2.19. The van der Waals surface area contributed by atoms with E-state index in [1.165, 1.54) is 0 Å². The van der Waals surface area contributed by atoms with Crippen LogP contribution in [0.15, 0.2) is 53.4 Å². The third-order valence-corrected chi connectivity index (χ3v) is 3.50. The highest BCUT2D eigenvalue weighted by Crippen LogP contribution is 2.31. The molecule has 20 heavy (non-hydrogen) atoms. The van der Waals surface area contributed by atoms with Gasteiger partial charge in [0.15, 0.2) is 5.82 Å². The van der Waals surface area contributed by atoms with Crippen LogP contribution in [0.2, 0.25) is 0 Å². The lowest BCUT2D eigenvalue weighted by Crippen LogP contribution is -2.01. The van der Waals surface area contributed by atoms with Gasteiger partial charge in [-0.05, 0) is 15.9 Å². The SMILES string of the molecule is Nc1nc(-c2cnccn2)nc(-c2ccccc2)c1Br. The second-order valence-corrected chi connectivity index (χ2v) is 4.84. The fraction of sp³-hybridized carbons (Fsp3) is 0. The molecule has 0 aliphatic rings. The molecule has 0 radical (unpaired) electrons. The normalized spacial score (nSPS) is 10.4. The summed E-state index contributed by atoms with van der Waals surface area (Å²) in [5.74, 6) is 0.831. The first-order valence-corrected chi connectivity index (χ1v) is 6.70. The van der Waals surface area contributed by atoms with E-state index in [1.54, 1.807) is 18.6 Å². The first-order chi connectivity index (χ1) is 9.75. The van der Waals surface area contributed by atoms with Gasteiger partial charge in [0.2, 0.25) is 0 Å². The van der Waals surface area contributed by atoms with Crippen molar-refractivity contribution in [3.05, 3.63) is 53.4 Å². The number of nitrogen functional groups attached to an aromatic ring is 1. The van der Waals surface area contributed by atoms with Crippen LogP contribution in [-0.4, -0.2) is 19.9 Å². The Labute approximate surface area is 124 Å². The smallest absolute Gasteiger partial charge is 0.182 e. The Bertz CT molecular complexity index is 731. The van der Waals surface area contributed by atoms with E-state index in [0.29, 0.717) is 21.8 Å². The van der Waals surface area contributed by atoms with Crippen LogP contribution in [0, 0.1) is 0 Å². The summed E-state index contributed by atoms with van der Waals surface area (Å²) in [5, 5.41) is 0. The van der Waals surface area contributed by atoms with Gasteiger partial charge < -0.3 is 5.73 Å². The Morgan fingerprint density at radius 1 is 1.00 bits per heavy atom. The number of benzene rings is 1. The van der Waals surface area contributed by atoms with E-state index in [4.69, 9.17) is 5.73 Å². The molecule has 0 fully saturated rings. The average molecular weight is 328 g/mol. The third kappa shape index (κ3) is 2.37. The molecular weight excluding hydrogens is 318 g/mol.